The quantitative estimate of drug-likeness (QED) is 0.684. The van der Waals surface area contributed by atoms with E-state index in [1.807, 2.05) is 60.3 Å². The third-order valence-corrected chi connectivity index (χ3v) is 4.89. The number of amides is 2. The Bertz CT molecular complexity index is 841. The van der Waals surface area contributed by atoms with Crippen LogP contribution in [0.2, 0.25) is 0 Å². The first-order valence-electron chi connectivity index (χ1n) is 9.84. The maximum atomic E-state index is 13.0. The number of fused-ring (bicyclic) bond motifs is 1. The molecule has 2 aromatic rings. The Kier molecular flexibility index (Phi) is 6.82. The molecule has 2 amide bonds. The number of carbonyl (C=O) groups is 2. The number of rotatable bonds is 8. The zero-order chi connectivity index (χ0) is 20.8. The third kappa shape index (κ3) is 5.32. The molecule has 7 nitrogen and oxygen atoms in total. The molecule has 29 heavy (non-hydrogen) atoms. The fourth-order valence-electron chi connectivity index (χ4n) is 3.28. The molecule has 0 aliphatic carbocycles. The molecule has 1 aromatic carbocycles. The number of ether oxygens (including phenoxy) is 1. The SMILES string of the molecule is C[C@@H]1Oc2ccccc2N(CCC(=O)N(CCN(C)C)Cc2cccnc2)C1=O. The van der Waals surface area contributed by atoms with E-state index in [1.54, 1.807) is 24.2 Å². The molecule has 154 valence electrons. The summed E-state index contributed by atoms with van der Waals surface area (Å²) in [6.07, 6.45) is 3.19. The van der Waals surface area contributed by atoms with Crippen molar-refractivity contribution in [3.8, 4) is 5.75 Å². The summed E-state index contributed by atoms with van der Waals surface area (Å²) in [5, 5.41) is 0. The van der Waals surface area contributed by atoms with Crippen molar-refractivity contribution in [2.75, 3.05) is 38.6 Å². The van der Waals surface area contributed by atoms with E-state index in [0.29, 0.717) is 25.4 Å². The first-order chi connectivity index (χ1) is 14.0. The number of benzene rings is 1. The van der Waals surface area contributed by atoms with Crippen LogP contribution in [0.1, 0.15) is 18.9 Å². The molecule has 1 aromatic heterocycles. The number of pyridine rings is 1. The number of hydrogen-bond acceptors (Lipinski definition) is 5. The molecular formula is C22H28N4O3. The van der Waals surface area contributed by atoms with Gasteiger partial charge in [0.25, 0.3) is 5.91 Å². The molecule has 1 aliphatic heterocycles. The fourth-order valence-corrected chi connectivity index (χ4v) is 3.28. The molecule has 1 atom stereocenters. The zero-order valence-corrected chi connectivity index (χ0v) is 17.2. The zero-order valence-electron chi connectivity index (χ0n) is 17.2. The summed E-state index contributed by atoms with van der Waals surface area (Å²) in [6.45, 7) is 3.95. The van der Waals surface area contributed by atoms with Gasteiger partial charge in [-0.05, 0) is 44.8 Å². The van der Waals surface area contributed by atoms with Crippen LogP contribution in [-0.2, 0) is 16.1 Å². The molecule has 7 heteroatoms. The van der Waals surface area contributed by atoms with Crippen LogP contribution in [0.5, 0.6) is 5.75 Å². The monoisotopic (exact) mass is 396 g/mol. The molecule has 0 bridgehead atoms. The van der Waals surface area contributed by atoms with Crippen LogP contribution >= 0.6 is 0 Å². The van der Waals surface area contributed by atoms with Gasteiger partial charge in [0.1, 0.15) is 5.75 Å². The first-order valence-corrected chi connectivity index (χ1v) is 9.84. The Morgan fingerprint density at radius 2 is 1.97 bits per heavy atom. The fraction of sp³-hybridized carbons (Fsp3) is 0.409. The second kappa shape index (κ2) is 9.52. The van der Waals surface area contributed by atoms with Gasteiger partial charge in [0.05, 0.1) is 5.69 Å². The smallest absolute Gasteiger partial charge is 0.267 e. The molecule has 0 unspecified atom stereocenters. The van der Waals surface area contributed by atoms with Crippen LogP contribution in [0.15, 0.2) is 48.8 Å². The molecule has 2 heterocycles. The van der Waals surface area contributed by atoms with E-state index in [1.165, 1.54) is 0 Å². The van der Waals surface area contributed by atoms with Gasteiger partial charge in [0, 0.05) is 45.0 Å². The van der Waals surface area contributed by atoms with Crippen LogP contribution in [-0.4, -0.2) is 66.4 Å². The van der Waals surface area contributed by atoms with Gasteiger partial charge in [-0.25, -0.2) is 0 Å². The van der Waals surface area contributed by atoms with Gasteiger partial charge < -0.3 is 19.4 Å². The van der Waals surface area contributed by atoms with Gasteiger partial charge in [0.15, 0.2) is 6.10 Å². The maximum Gasteiger partial charge on any atom is 0.267 e. The average molecular weight is 396 g/mol. The molecule has 1 aliphatic rings. The van der Waals surface area contributed by atoms with E-state index in [-0.39, 0.29) is 18.2 Å². The lowest BCUT2D eigenvalue weighted by molar-refractivity contribution is -0.132. The topological polar surface area (TPSA) is 66.0 Å². The Balaban J connectivity index is 1.69. The van der Waals surface area contributed by atoms with Crippen LogP contribution in [0, 0.1) is 0 Å². The molecule has 0 fully saturated rings. The summed E-state index contributed by atoms with van der Waals surface area (Å²) in [5.41, 5.74) is 1.71. The molecule has 0 N–H and O–H groups in total. The maximum absolute atomic E-state index is 13.0. The minimum atomic E-state index is -0.555. The predicted octanol–water partition coefficient (Wildman–Crippen LogP) is 2.18. The molecular weight excluding hydrogens is 368 g/mol. The molecule has 0 radical (unpaired) electrons. The normalized spacial score (nSPS) is 15.8. The number of nitrogens with zero attached hydrogens (tertiary/aromatic N) is 4. The highest BCUT2D eigenvalue weighted by Crippen LogP contribution is 2.33. The van der Waals surface area contributed by atoms with E-state index < -0.39 is 6.10 Å². The summed E-state index contributed by atoms with van der Waals surface area (Å²) in [6, 6.07) is 11.3. The summed E-state index contributed by atoms with van der Waals surface area (Å²) < 4.78 is 5.67. The van der Waals surface area contributed by atoms with Crippen molar-refractivity contribution < 1.29 is 14.3 Å². The van der Waals surface area contributed by atoms with Crippen molar-refractivity contribution in [1.29, 1.82) is 0 Å². The van der Waals surface area contributed by atoms with Gasteiger partial charge in [-0.1, -0.05) is 18.2 Å². The second-order valence-electron chi connectivity index (χ2n) is 7.45. The van der Waals surface area contributed by atoms with Crippen molar-refractivity contribution >= 4 is 17.5 Å². The standard InChI is InChI=1S/C22H28N4O3/c1-17-22(28)26(19-8-4-5-9-20(19)29-17)12-10-21(27)25(14-13-24(2)3)16-18-7-6-11-23-15-18/h4-9,11,15,17H,10,12-14,16H2,1-3H3/t17-/m0/s1. The summed E-state index contributed by atoms with van der Waals surface area (Å²) in [4.78, 5) is 35.3. The summed E-state index contributed by atoms with van der Waals surface area (Å²) in [7, 11) is 3.97. The number of anilines is 1. The minimum absolute atomic E-state index is 0.0140. The second-order valence-corrected chi connectivity index (χ2v) is 7.45. The highest BCUT2D eigenvalue weighted by Gasteiger charge is 2.31. The van der Waals surface area contributed by atoms with Crippen LogP contribution in [0.4, 0.5) is 5.69 Å². The number of carbonyl (C=O) groups excluding carboxylic acids is 2. The van der Waals surface area contributed by atoms with E-state index in [0.717, 1.165) is 17.8 Å². The van der Waals surface area contributed by atoms with Gasteiger partial charge in [-0.3, -0.25) is 14.6 Å². The van der Waals surface area contributed by atoms with Gasteiger partial charge in [0.2, 0.25) is 5.91 Å². The summed E-state index contributed by atoms with van der Waals surface area (Å²) >= 11 is 0. The number of para-hydroxylation sites is 2. The van der Waals surface area contributed by atoms with Crippen molar-refractivity contribution in [3.05, 3.63) is 54.4 Å². The average Bonchev–Trinajstić information content (AvgIpc) is 2.72. The highest BCUT2D eigenvalue weighted by molar-refractivity contribution is 6.00. The third-order valence-electron chi connectivity index (χ3n) is 4.89. The summed E-state index contributed by atoms with van der Waals surface area (Å²) in [5.74, 6) is 0.565. The minimum Gasteiger partial charge on any atom is -0.479 e. The van der Waals surface area contributed by atoms with Gasteiger partial charge in [-0.15, -0.1) is 0 Å². The van der Waals surface area contributed by atoms with Crippen LogP contribution < -0.4 is 9.64 Å². The Morgan fingerprint density at radius 1 is 1.17 bits per heavy atom. The number of hydrogen-bond donors (Lipinski definition) is 0. The number of aromatic nitrogens is 1. The lowest BCUT2D eigenvalue weighted by Crippen LogP contribution is -2.46. The Morgan fingerprint density at radius 3 is 2.69 bits per heavy atom. The van der Waals surface area contributed by atoms with Crippen molar-refractivity contribution in [2.45, 2.75) is 26.0 Å². The van der Waals surface area contributed by atoms with Crippen molar-refractivity contribution in [3.63, 3.8) is 0 Å². The van der Waals surface area contributed by atoms with E-state index in [4.69, 9.17) is 4.74 Å². The van der Waals surface area contributed by atoms with Gasteiger partial charge in [-0.2, -0.15) is 0 Å². The van der Waals surface area contributed by atoms with Crippen molar-refractivity contribution in [1.82, 2.24) is 14.8 Å². The van der Waals surface area contributed by atoms with E-state index in [9.17, 15) is 9.59 Å². The van der Waals surface area contributed by atoms with E-state index in [2.05, 4.69) is 4.98 Å². The van der Waals surface area contributed by atoms with Crippen LogP contribution in [0.25, 0.3) is 0 Å². The van der Waals surface area contributed by atoms with Gasteiger partial charge >= 0.3 is 0 Å². The highest BCUT2D eigenvalue weighted by atomic mass is 16.5. The lowest BCUT2D eigenvalue weighted by atomic mass is 10.1. The Labute approximate surface area is 171 Å². The number of likely N-dealkylation sites (N-methyl/N-ethyl adjacent to an activating group) is 1. The largest absolute Gasteiger partial charge is 0.479 e. The van der Waals surface area contributed by atoms with E-state index >= 15 is 0 Å². The molecule has 0 saturated heterocycles. The molecule has 3 rings (SSSR count). The van der Waals surface area contributed by atoms with Crippen LogP contribution in [0.3, 0.4) is 0 Å². The predicted molar refractivity (Wildman–Crippen MR) is 112 cm³/mol. The lowest BCUT2D eigenvalue weighted by Gasteiger charge is -2.33. The van der Waals surface area contributed by atoms with Crippen molar-refractivity contribution in [2.24, 2.45) is 0 Å². The molecule has 0 saturated carbocycles. The Hall–Kier alpha value is -2.93. The first kappa shape index (κ1) is 20.8. The molecule has 0 spiro atoms.